The number of rotatable bonds is 32. The summed E-state index contributed by atoms with van der Waals surface area (Å²) in [6.07, 6.45) is 5.20. The zero-order valence-corrected chi connectivity index (χ0v) is 43.5. The van der Waals surface area contributed by atoms with Crippen molar-refractivity contribution in [3.8, 4) is 5.75 Å². The second-order valence-corrected chi connectivity index (χ2v) is 19.2. The molecular weight excluding hydrogens is 921 g/mol. The van der Waals surface area contributed by atoms with Gasteiger partial charge < -0.3 is 39.6 Å². The number of aryl methyl sites for hydroxylation is 1. The Morgan fingerprint density at radius 1 is 0.943 bits per heavy atom. The predicted molar refractivity (Wildman–Crippen MR) is 268 cm³/mol. The highest BCUT2D eigenvalue weighted by Gasteiger charge is 2.38. The van der Waals surface area contributed by atoms with Gasteiger partial charge in [-0.2, -0.15) is 0 Å². The Morgan fingerprint density at radius 3 is 2.31 bits per heavy atom. The first kappa shape index (κ1) is 59.3. The van der Waals surface area contributed by atoms with E-state index in [0.29, 0.717) is 43.8 Å². The van der Waals surface area contributed by atoms with Crippen LogP contribution in [0.15, 0.2) is 34.8 Å². The highest BCUT2D eigenvalue weighted by Crippen LogP contribution is 2.32. The highest BCUT2D eigenvalue weighted by molar-refractivity contribution is 7.09. The normalized spacial score (nSPS) is 16.4. The minimum Gasteiger partial charge on any atom is -0.508 e. The largest absolute Gasteiger partial charge is 0.508 e. The van der Waals surface area contributed by atoms with Gasteiger partial charge in [-0.3, -0.25) is 29.5 Å². The fraction of sp³-hybridized carbons (Fsp3) is 0.714. The Bertz CT molecular complexity index is 1930. The predicted octanol–water partition coefficient (Wildman–Crippen LogP) is 6.84. The topological polar surface area (TPSA) is 259 Å². The number of piperidine rings is 1. The van der Waals surface area contributed by atoms with Crippen LogP contribution in [-0.2, 0) is 39.8 Å². The standard InChI is InChI=1S/C49H80N10O10S/c1-9-22-59(48(64)43(34(6)11-3)54-46(63)40-14-12-13-23-58(40)8)41(33(4)5)31-42(68-24-10-2)47-53-39(32-70-47)45(62)52-37(18-15-36-16-19-38(60)20-17-36)30-35(7)44(61)55-56-49(65)69-29-28-67-27-26-66-25-21-51-57-50/h16-17,19-20,32-35,37,40-43,60H,9-15,18,21-31H2,1-8H3,(H,52,62)(H,54,63)(H,55,61)(H,56,65)/t34-,35-,37-,40+,41+,42+,43-/m0/s1. The van der Waals surface area contributed by atoms with Crippen molar-refractivity contribution < 1.29 is 48.0 Å². The molecule has 70 heavy (non-hydrogen) atoms. The summed E-state index contributed by atoms with van der Waals surface area (Å²) in [6.45, 7) is 16.8. The summed E-state index contributed by atoms with van der Waals surface area (Å²) in [7, 11) is 1.97. The number of hydrazine groups is 1. The molecule has 0 saturated carbocycles. The van der Waals surface area contributed by atoms with Crippen LogP contribution in [-0.4, -0.2) is 140 Å². The molecule has 0 aliphatic carbocycles. The Labute approximate surface area is 418 Å². The molecular formula is C49H80N10O10S. The van der Waals surface area contributed by atoms with Crippen LogP contribution in [0.2, 0.25) is 0 Å². The fourth-order valence-corrected chi connectivity index (χ4v) is 9.06. The second kappa shape index (κ2) is 32.8. The summed E-state index contributed by atoms with van der Waals surface area (Å²) in [5, 5.41) is 21.8. The molecule has 1 aliphatic heterocycles. The van der Waals surface area contributed by atoms with Gasteiger partial charge in [0.1, 0.15) is 35.2 Å². The lowest BCUT2D eigenvalue weighted by molar-refractivity contribution is -0.143. The van der Waals surface area contributed by atoms with Crippen molar-refractivity contribution in [3.05, 3.63) is 56.4 Å². The van der Waals surface area contributed by atoms with E-state index in [-0.39, 0.29) is 93.2 Å². The minimum atomic E-state index is -0.876. The van der Waals surface area contributed by atoms with E-state index >= 15 is 0 Å². The van der Waals surface area contributed by atoms with Gasteiger partial charge in [-0.1, -0.05) is 78.6 Å². The number of likely N-dealkylation sites (tertiary alicyclic amines) is 1. The summed E-state index contributed by atoms with van der Waals surface area (Å²) in [4.78, 5) is 79.4. The smallest absolute Gasteiger partial charge is 0.426 e. The number of azide groups is 1. The van der Waals surface area contributed by atoms with Gasteiger partial charge >= 0.3 is 6.09 Å². The number of benzene rings is 1. The maximum atomic E-state index is 14.8. The van der Waals surface area contributed by atoms with Gasteiger partial charge in [0.05, 0.1) is 32.5 Å². The molecule has 1 aromatic heterocycles. The molecule has 0 radical (unpaired) electrons. The molecule has 2 aromatic rings. The summed E-state index contributed by atoms with van der Waals surface area (Å²) >= 11 is 1.31. The van der Waals surface area contributed by atoms with Crippen molar-refractivity contribution in [2.24, 2.45) is 22.9 Å². The summed E-state index contributed by atoms with van der Waals surface area (Å²) < 4.78 is 22.1. The van der Waals surface area contributed by atoms with Gasteiger partial charge in [-0.25, -0.2) is 15.2 Å². The van der Waals surface area contributed by atoms with E-state index in [0.717, 1.165) is 44.2 Å². The van der Waals surface area contributed by atoms with Crippen molar-refractivity contribution in [1.82, 2.24) is 36.3 Å². The molecule has 7 atom stereocenters. The van der Waals surface area contributed by atoms with Crippen LogP contribution in [0.4, 0.5) is 4.79 Å². The third-order valence-electron chi connectivity index (χ3n) is 12.4. The van der Waals surface area contributed by atoms with Gasteiger partial charge in [0.25, 0.3) is 5.91 Å². The van der Waals surface area contributed by atoms with Crippen molar-refractivity contribution in [1.29, 1.82) is 0 Å². The lowest BCUT2D eigenvalue weighted by atomic mass is 9.92. The number of hydrogen-bond acceptors (Lipinski definition) is 14. The summed E-state index contributed by atoms with van der Waals surface area (Å²) in [5.74, 6) is -1.72. The molecule has 0 spiro atoms. The lowest BCUT2D eigenvalue weighted by Crippen LogP contribution is -2.58. The quantitative estimate of drug-likeness (QED) is 0.0166. The van der Waals surface area contributed by atoms with Crippen molar-refractivity contribution in [2.45, 2.75) is 143 Å². The molecule has 20 nitrogen and oxygen atoms in total. The van der Waals surface area contributed by atoms with E-state index in [1.54, 1.807) is 36.6 Å². The molecule has 21 heteroatoms. The maximum absolute atomic E-state index is 14.8. The molecule has 1 aliphatic rings. The first-order valence-corrected chi connectivity index (χ1v) is 25.9. The number of nitrogens with one attached hydrogen (secondary N) is 4. The first-order chi connectivity index (χ1) is 33.6. The van der Waals surface area contributed by atoms with Crippen LogP contribution >= 0.6 is 11.3 Å². The number of carbonyl (C=O) groups excluding carboxylic acids is 5. The number of thiazole rings is 1. The van der Waals surface area contributed by atoms with Gasteiger partial charge in [-0.05, 0) is 93.6 Å². The van der Waals surface area contributed by atoms with Gasteiger partial charge in [0.2, 0.25) is 17.7 Å². The summed E-state index contributed by atoms with van der Waals surface area (Å²) in [5.41, 5.74) is 14.0. The SMILES string of the molecule is CCCO[C@H](C[C@H](C(C)C)N(CCC)C(=O)[C@@H](NC(=O)[C@H]1CCCCN1C)[C@@H](C)CC)c1nc(C(=O)N[C@@H](CCc2ccc(O)cc2)C[C@H](C)C(=O)NNC(=O)OCCOCCOCCN=[N+]=[N-])cs1. The molecule has 0 bridgehead atoms. The van der Waals surface area contributed by atoms with E-state index < -0.39 is 42.0 Å². The molecule has 0 unspecified atom stereocenters. The molecule has 2 heterocycles. The van der Waals surface area contributed by atoms with Gasteiger partial charge in [-0.15, -0.1) is 11.3 Å². The molecule has 5 amide bonds. The van der Waals surface area contributed by atoms with Crippen LogP contribution < -0.4 is 21.5 Å². The third-order valence-corrected chi connectivity index (χ3v) is 13.4. The van der Waals surface area contributed by atoms with Crippen molar-refractivity contribution in [3.63, 3.8) is 0 Å². The van der Waals surface area contributed by atoms with Crippen LogP contribution in [0, 0.1) is 17.8 Å². The van der Waals surface area contributed by atoms with E-state index in [9.17, 15) is 29.1 Å². The molecule has 392 valence electrons. The maximum Gasteiger partial charge on any atom is 0.426 e. The Kier molecular flexibility index (Phi) is 27.7. The Balaban J connectivity index is 1.73. The van der Waals surface area contributed by atoms with E-state index in [1.165, 1.54) is 11.3 Å². The van der Waals surface area contributed by atoms with E-state index in [2.05, 4.69) is 50.3 Å². The van der Waals surface area contributed by atoms with Gasteiger partial charge in [0, 0.05) is 54.4 Å². The number of phenolic OH excluding ortho intramolecular Hbond substituents is 1. The minimum absolute atomic E-state index is 0.0259. The molecule has 3 rings (SSSR count). The number of amides is 5. The van der Waals surface area contributed by atoms with Crippen LogP contribution in [0.1, 0.15) is 133 Å². The molecule has 1 saturated heterocycles. The van der Waals surface area contributed by atoms with Gasteiger partial charge in [0.15, 0.2) is 0 Å². The number of carbonyl (C=O) groups is 5. The highest BCUT2D eigenvalue weighted by atomic mass is 32.1. The zero-order chi connectivity index (χ0) is 51.4. The Morgan fingerprint density at radius 2 is 1.66 bits per heavy atom. The van der Waals surface area contributed by atoms with Crippen LogP contribution in [0.5, 0.6) is 5.75 Å². The van der Waals surface area contributed by atoms with E-state index in [1.807, 2.05) is 39.6 Å². The number of nitrogens with zero attached hydrogens (tertiary/aromatic N) is 6. The van der Waals surface area contributed by atoms with Crippen LogP contribution in [0.25, 0.3) is 10.4 Å². The second-order valence-electron chi connectivity index (χ2n) is 18.3. The number of aromatic hydroxyl groups is 1. The monoisotopic (exact) mass is 1000 g/mol. The average Bonchev–Trinajstić information content (AvgIpc) is 3.85. The number of ether oxygens (including phenoxy) is 4. The van der Waals surface area contributed by atoms with E-state index in [4.69, 9.17) is 29.5 Å². The fourth-order valence-electron chi connectivity index (χ4n) is 8.20. The molecule has 1 aromatic carbocycles. The number of likely N-dealkylation sites (N-methyl/N-ethyl adjacent to an activating group) is 1. The molecule has 1 fully saturated rings. The number of phenols is 1. The first-order valence-electron chi connectivity index (χ1n) is 25.0. The van der Waals surface area contributed by atoms with Crippen LogP contribution in [0.3, 0.4) is 0 Å². The lowest BCUT2D eigenvalue weighted by Gasteiger charge is -2.40. The number of hydrogen-bond donors (Lipinski definition) is 5. The molecule has 5 N–H and O–H groups in total. The van der Waals surface area contributed by atoms with Crippen molar-refractivity contribution in [2.75, 3.05) is 66.3 Å². The summed E-state index contributed by atoms with van der Waals surface area (Å²) in [6, 6.07) is 5.06. The average molecular weight is 1000 g/mol. The third kappa shape index (κ3) is 20.7. The number of aromatic nitrogens is 1. The Hall–Kier alpha value is -5.05. The zero-order valence-electron chi connectivity index (χ0n) is 42.7. The van der Waals surface area contributed by atoms with Crippen molar-refractivity contribution >= 4 is 41.1 Å².